The zero-order chi connectivity index (χ0) is 21.0. The first-order chi connectivity index (χ1) is 13.9. The minimum Gasteiger partial charge on any atom is -0.352 e. The monoisotopic (exact) mass is 403 g/mol. The molecule has 0 unspecified atom stereocenters. The van der Waals surface area contributed by atoms with Crippen molar-refractivity contribution in [2.24, 2.45) is 5.92 Å². The molecule has 158 valence electrons. The lowest BCUT2D eigenvalue weighted by atomic mass is 9.84. The van der Waals surface area contributed by atoms with Crippen molar-refractivity contribution in [2.45, 2.75) is 70.4 Å². The second kappa shape index (κ2) is 8.93. The number of carbonyl (C=O) groups excluding carboxylic acids is 3. The van der Waals surface area contributed by atoms with Gasteiger partial charge in [-0.2, -0.15) is 0 Å². The molecule has 1 saturated heterocycles. The molecule has 2 fully saturated rings. The fourth-order valence-corrected chi connectivity index (χ4v) is 4.38. The highest BCUT2D eigenvalue weighted by Gasteiger charge is 2.52. The van der Waals surface area contributed by atoms with Crippen LogP contribution in [0.5, 0.6) is 0 Å². The van der Waals surface area contributed by atoms with Gasteiger partial charge in [-0.25, -0.2) is 9.18 Å². The summed E-state index contributed by atoms with van der Waals surface area (Å²) < 4.78 is 13.4. The van der Waals surface area contributed by atoms with E-state index in [1.807, 2.05) is 6.92 Å². The van der Waals surface area contributed by atoms with Crippen LogP contribution < -0.4 is 10.6 Å². The summed E-state index contributed by atoms with van der Waals surface area (Å²) in [6.45, 7) is 3.81. The summed E-state index contributed by atoms with van der Waals surface area (Å²) in [6, 6.07) is 5.11. The summed E-state index contributed by atoms with van der Waals surface area (Å²) in [6.07, 6.45) is 6.18. The van der Waals surface area contributed by atoms with Crippen molar-refractivity contribution < 1.29 is 18.8 Å². The lowest BCUT2D eigenvalue weighted by Crippen LogP contribution is -2.48. The molecule has 1 heterocycles. The molecule has 29 heavy (non-hydrogen) atoms. The first kappa shape index (κ1) is 21.3. The number of hydrogen-bond donors (Lipinski definition) is 2. The lowest BCUT2D eigenvalue weighted by molar-refractivity contribution is -0.135. The summed E-state index contributed by atoms with van der Waals surface area (Å²) >= 11 is 0. The maximum absolute atomic E-state index is 13.4. The Morgan fingerprint density at radius 2 is 1.93 bits per heavy atom. The lowest BCUT2D eigenvalue weighted by Gasteiger charge is -2.30. The molecule has 0 bridgehead atoms. The van der Waals surface area contributed by atoms with Crippen LogP contribution in [0.4, 0.5) is 9.18 Å². The van der Waals surface area contributed by atoms with E-state index in [0.717, 1.165) is 37.0 Å². The van der Waals surface area contributed by atoms with Crippen LogP contribution in [-0.4, -0.2) is 35.3 Å². The second-order valence-corrected chi connectivity index (χ2v) is 8.27. The Balaban J connectivity index is 1.76. The van der Waals surface area contributed by atoms with Gasteiger partial charge in [0.2, 0.25) is 5.91 Å². The molecule has 4 amide bonds. The Kier molecular flexibility index (Phi) is 6.55. The first-order valence-corrected chi connectivity index (χ1v) is 10.6. The fourth-order valence-electron chi connectivity index (χ4n) is 4.38. The van der Waals surface area contributed by atoms with E-state index in [-0.39, 0.29) is 18.5 Å². The Morgan fingerprint density at radius 1 is 1.24 bits per heavy atom. The molecular weight excluding hydrogens is 373 g/mol. The molecule has 7 heteroatoms. The van der Waals surface area contributed by atoms with Gasteiger partial charge in [0.1, 0.15) is 17.9 Å². The van der Waals surface area contributed by atoms with Crippen LogP contribution >= 0.6 is 0 Å². The van der Waals surface area contributed by atoms with Crippen LogP contribution in [0.25, 0.3) is 0 Å². The average molecular weight is 403 g/mol. The topological polar surface area (TPSA) is 78.5 Å². The molecule has 2 N–H and O–H groups in total. The zero-order valence-corrected chi connectivity index (χ0v) is 17.2. The van der Waals surface area contributed by atoms with Crippen LogP contribution in [0.15, 0.2) is 24.3 Å². The van der Waals surface area contributed by atoms with E-state index in [4.69, 9.17) is 0 Å². The molecule has 1 aromatic rings. The SMILES string of the molecule is CCCC[C@@]1(c2ccc(F)cc2)NC(=O)N(CC(=O)N[C@@H]2CCCC[C@@H]2C)C1=O. The van der Waals surface area contributed by atoms with Crippen LogP contribution in [0.2, 0.25) is 0 Å². The third-order valence-electron chi connectivity index (χ3n) is 6.18. The predicted octanol–water partition coefficient (Wildman–Crippen LogP) is 3.46. The standard InChI is InChI=1S/C22H30FN3O3/c1-3-4-13-22(16-9-11-17(23)12-10-16)20(28)26(21(29)25-22)14-19(27)24-18-8-6-5-7-15(18)2/h9-12,15,18H,3-8,13-14H2,1-2H3,(H,24,27)(H,25,29)/t15-,18+,22-/m0/s1. The largest absolute Gasteiger partial charge is 0.352 e. The number of unbranched alkanes of at least 4 members (excludes halogenated alkanes) is 1. The van der Waals surface area contributed by atoms with Gasteiger partial charge in [-0.1, -0.05) is 51.7 Å². The van der Waals surface area contributed by atoms with Crippen molar-refractivity contribution in [3.05, 3.63) is 35.6 Å². The zero-order valence-electron chi connectivity index (χ0n) is 17.2. The molecule has 0 radical (unpaired) electrons. The number of urea groups is 1. The van der Waals surface area contributed by atoms with Gasteiger partial charge >= 0.3 is 6.03 Å². The molecule has 1 aliphatic heterocycles. The number of benzene rings is 1. The van der Waals surface area contributed by atoms with Gasteiger partial charge in [0.05, 0.1) is 0 Å². The average Bonchev–Trinajstić information content (AvgIpc) is 2.94. The highest BCUT2D eigenvalue weighted by Crippen LogP contribution is 2.34. The minimum absolute atomic E-state index is 0.0824. The molecule has 0 aromatic heterocycles. The van der Waals surface area contributed by atoms with Crippen LogP contribution in [0, 0.1) is 11.7 Å². The Hall–Kier alpha value is -2.44. The Labute approximate surface area is 171 Å². The van der Waals surface area contributed by atoms with Gasteiger partial charge in [0.25, 0.3) is 5.91 Å². The van der Waals surface area contributed by atoms with Gasteiger partial charge in [0, 0.05) is 6.04 Å². The number of hydrogen-bond acceptors (Lipinski definition) is 3. The number of nitrogens with one attached hydrogen (secondary N) is 2. The van der Waals surface area contributed by atoms with Crippen LogP contribution in [-0.2, 0) is 15.1 Å². The van der Waals surface area contributed by atoms with E-state index in [2.05, 4.69) is 17.6 Å². The number of halogens is 1. The smallest absolute Gasteiger partial charge is 0.325 e. The highest BCUT2D eigenvalue weighted by atomic mass is 19.1. The van der Waals surface area contributed by atoms with Crippen molar-refractivity contribution in [2.75, 3.05) is 6.54 Å². The van der Waals surface area contributed by atoms with Gasteiger partial charge in [0.15, 0.2) is 0 Å². The number of imide groups is 1. The second-order valence-electron chi connectivity index (χ2n) is 8.27. The number of carbonyl (C=O) groups is 3. The summed E-state index contributed by atoms with van der Waals surface area (Å²) in [7, 11) is 0. The van der Waals surface area contributed by atoms with Gasteiger partial charge in [-0.3, -0.25) is 14.5 Å². The van der Waals surface area contributed by atoms with Gasteiger partial charge < -0.3 is 10.6 Å². The van der Waals surface area contributed by atoms with Crippen LogP contribution in [0.1, 0.15) is 64.4 Å². The van der Waals surface area contributed by atoms with Crippen LogP contribution in [0.3, 0.4) is 0 Å². The van der Waals surface area contributed by atoms with Crippen molar-refractivity contribution in [1.82, 2.24) is 15.5 Å². The molecule has 3 rings (SSSR count). The molecule has 1 aliphatic carbocycles. The van der Waals surface area contributed by atoms with Crippen molar-refractivity contribution >= 4 is 17.8 Å². The third-order valence-corrected chi connectivity index (χ3v) is 6.18. The van der Waals surface area contributed by atoms with Gasteiger partial charge in [-0.05, 0) is 42.9 Å². The summed E-state index contributed by atoms with van der Waals surface area (Å²) in [4.78, 5) is 39.5. The minimum atomic E-state index is -1.25. The van der Waals surface area contributed by atoms with Gasteiger partial charge in [-0.15, -0.1) is 0 Å². The Morgan fingerprint density at radius 3 is 2.59 bits per heavy atom. The molecule has 1 saturated carbocycles. The van der Waals surface area contributed by atoms with E-state index in [1.54, 1.807) is 0 Å². The first-order valence-electron chi connectivity index (χ1n) is 10.6. The van der Waals surface area contributed by atoms with E-state index < -0.39 is 23.3 Å². The normalized spacial score (nSPS) is 27.1. The summed E-state index contributed by atoms with van der Waals surface area (Å²) in [5.74, 6) is -0.792. The molecule has 6 nitrogen and oxygen atoms in total. The Bertz CT molecular complexity index is 767. The highest BCUT2D eigenvalue weighted by molar-refractivity contribution is 6.09. The van der Waals surface area contributed by atoms with Crippen molar-refractivity contribution in [3.63, 3.8) is 0 Å². The number of nitrogens with zero attached hydrogens (tertiary/aromatic N) is 1. The summed E-state index contributed by atoms with van der Waals surface area (Å²) in [5, 5.41) is 5.78. The molecule has 2 aliphatic rings. The van der Waals surface area contributed by atoms with E-state index >= 15 is 0 Å². The number of rotatable bonds is 7. The third kappa shape index (κ3) is 4.43. The quantitative estimate of drug-likeness (QED) is 0.685. The fraction of sp³-hybridized carbons (Fsp3) is 0.591. The maximum Gasteiger partial charge on any atom is 0.325 e. The molecular formula is C22H30FN3O3. The van der Waals surface area contributed by atoms with E-state index in [1.165, 1.54) is 24.3 Å². The number of amides is 4. The van der Waals surface area contributed by atoms with E-state index in [9.17, 15) is 18.8 Å². The molecule has 0 spiro atoms. The summed E-state index contributed by atoms with van der Waals surface area (Å²) in [5.41, 5.74) is -0.714. The molecule has 1 aromatic carbocycles. The van der Waals surface area contributed by atoms with Crippen molar-refractivity contribution in [3.8, 4) is 0 Å². The molecule has 3 atom stereocenters. The van der Waals surface area contributed by atoms with Crippen molar-refractivity contribution in [1.29, 1.82) is 0 Å². The van der Waals surface area contributed by atoms with E-state index in [0.29, 0.717) is 24.3 Å². The predicted molar refractivity (Wildman–Crippen MR) is 107 cm³/mol. The maximum atomic E-state index is 13.4.